The topological polar surface area (TPSA) is 121 Å². The summed E-state index contributed by atoms with van der Waals surface area (Å²) < 4.78 is 0. The van der Waals surface area contributed by atoms with Gasteiger partial charge >= 0.3 is 0 Å². The smallest absolute Gasteiger partial charge is 0.295 e. The molecule has 1 heterocycles. The van der Waals surface area contributed by atoms with Crippen LogP contribution in [0.25, 0.3) is 5.76 Å². The van der Waals surface area contributed by atoms with Gasteiger partial charge in [0.15, 0.2) is 0 Å². The summed E-state index contributed by atoms with van der Waals surface area (Å²) in [6, 6.07) is 10.4. The number of likely N-dealkylation sites (tertiary alicyclic amines) is 1. The molecule has 144 valence electrons. The van der Waals surface area contributed by atoms with Gasteiger partial charge in [0.1, 0.15) is 5.76 Å². The third-order valence-electron chi connectivity index (χ3n) is 4.42. The first kappa shape index (κ1) is 19.5. The first-order valence-electron chi connectivity index (χ1n) is 8.24. The Morgan fingerprint density at radius 2 is 1.71 bits per heavy atom. The number of nitro benzene ring substituents is 1. The van der Waals surface area contributed by atoms with Gasteiger partial charge < -0.3 is 15.1 Å². The number of ketones is 1. The number of halogens is 1. The zero-order valence-electron chi connectivity index (χ0n) is 14.4. The van der Waals surface area contributed by atoms with Gasteiger partial charge in [0.2, 0.25) is 0 Å². The fraction of sp³-hybridized carbons (Fsp3) is 0.158. The average molecular weight is 403 g/mol. The maximum absolute atomic E-state index is 12.6. The second-order valence-corrected chi connectivity index (χ2v) is 6.51. The minimum absolute atomic E-state index is 0.135. The number of nitro groups is 1. The van der Waals surface area contributed by atoms with Crippen molar-refractivity contribution in [2.24, 2.45) is 0 Å². The molecular weight excluding hydrogens is 388 g/mol. The summed E-state index contributed by atoms with van der Waals surface area (Å²) in [5.41, 5.74) is 0.377. The van der Waals surface area contributed by atoms with Crippen molar-refractivity contribution >= 4 is 34.7 Å². The molecule has 0 bridgehead atoms. The van der Waals surface area contributed by atoms with Gasteiger partial charge in [-0.05, 0) is 42.0 Å². The lowest BCUT2D eigenvalue weighted by Crippen LogP contribution is -2.32. The monoisotopic (exact) mass is 402 g/mol. The van der Waals surface area contributed by atoms with Crippen LogP contribution in [0.15, 0.2) is 54.1 Å². The highest BCUT2D eigenvalue weighted by atomic mass is 35.5. The predicted octanol–water partition coefficient (Wildman–Crippen LogP) is 2.66. The number of carbonyl (C=O) groups excluding carboxylic acids is 2. The van der Waals surface area contributed by atoms with E-state index in [9.17, 15) is 29.9 Å². The van der Waals surface area contributed by atoms with E-state index in [2.05, 4.69) is 0 Å². The minimum atomic E-state index is -0.983. The van der Waals surface area contributed by atoms with Crippen LogP contribution in [-0.2, 0) is 9.59 Å². The molecule has 0 spiro atoms. The first-order chi connectivity index (χ1) is 13.3. The van der Waals surface area contributed by atoms with Crippen molar-refractivity contribution in [3.05, 3.63) is 80.4 Å². The molecule has 3 rings (SSSR count). The summed E-state index contributed by atoms with van der Waals surface area (Å²) >= 11 is 5.85. The van der Waals surface area contributed by atoms with Crippen LogP contribution in [0.1, 0.15) is 17.2 Å². The van der Waals surface area contributed by atoms with Gasteiger partial charge in [-0.15, -0.1) is 0 Å². The molecule has 9 heteroatoms. The number of aliphatic hydroxyl groups excluding tert-OH is 2. The van der Waals surface area contributed by atoms with Gasteiger partial charge in [0, 0.05) is 29.3 Å². The number of β-amino-alcohol motifs (C(OH)–C–C–N with tert-alkyl or cyclic N) is 1. The zero-order chi connectivity index (χ0) is 20.4. The molecule has 2 N–H and O–H groups in total. The van der Waals surface area contributed by atoms with Gasteiger partial charge in [0.25, 0.3) is 17.4 Å². The summed E-state index contributed by atoms with van der Waals surface area (Å²) in [6.45, 7) is -0.527. The number of nitrogens with zero attached hydrogens (tertiary/aromatic N) is 2. The van der Waals surface area contributed by atoms with E-state index >= 15 is 0 Å². The van der Waals surface area contributed by atoms with E-state index < -0.39 is 29.3 Å². The average Bonchev–Trinajstić information content (AvgIpc) is 2.93. The van der Waals surface area contributed by atoms with Gasteiger partial charge in [0.05, 0.1) is 23.1 Å². The lowest BCUT2D eigenvalue weighted by molar-refractivity contribution is -0.384. The lowest BCUT2D eigenvalue weighted by atomic mass is 9.95. The highest BCUT2D eigenvalue weighted by Crippen LogP contribution is 2.39. The fourth-order valence-corrected chi connectivity index (χ4v) is 3.23. The van der Waals surface area contributed by atoms with E-state index in [0.717, 1.165) is 4.90 Å². The Kier molecular flexibility index (Phi) is 5.43. The minimum Gasteiger partial charge on any atom is -0.507 e. The van der Waals surface area contributed by atoms with Crippen LogP contribution < -0.4 is 0 Å². The van der Waals surface area contributed by atoms with Crippen molar-refractivity contribution < 1.29 is 24.7 Å². The number of hydrogen-bond donors (Lipinski definition) is 2. The molecule has 8 nitrogen and oxygen atoms in total. The molecule has 1 fully saturated rings. The summed E-state index contributed by atoms with van der Waals surface area (Å²) in [5.74, 6) is -2.16. The van der Waals surface area contributed by atoms with E-state index in [-0.39, 0.29) is 23.6 Å². The Hall–Kier alpha value is -3.23. The maximum atomic E-state index is 12.6. The molecule has 1 aliphatic rings. The van der Waals surface area contributed by atoms with Crippen LogP contribution in [0.3, 0.4) is 0 Å². The predicted molar refractivity (Wildman–Crippen MR) is 101 cm³/mol. The van der Waals surface area contributed by atoms with E-state index in [1.165, 1.54) is 48.5 Å². The second-order valence-electron chi connectivity index (χ2n) is 6.07. The van der Waals surface area contributed by atoms with Gasteiger partial charge in [-0.3, -0.25) is 19.7 Å². The summed E-state index contributed by atoms with van der Waals surface area (Å²) in [6.07, 6.45) is 0. The molecular formula is C19H15ClN2O6. The van der Waals surface area contributed by atoms with E-state index in [1.54, 1.807) is 0 Å². The number of aliphatic hydroxyl groups is 2. The molecule has 2 aromatic rings. The summed E-state index contributed by atoms with van der Waals surface area (Å²) in [5, 5.41) is 31.3. The molecule has 0 unspecified atom stereocenters. The number of non-ortho nitro benzene ring substituents is 1. The third-order valence-corrected chi connectivity index (χ3v) is 4.67. The number of rotatable bonds is 5. The van der Waals surface area contributed by atoms with Crippen LogP contribution in [0.4, 0.5) is 5.69 Å². The summed E-state index contributed by atoms with van der Waals surface area (Å²) in [7, 11) is 0. The van der Waals surface area contributed by atoms with Crippen molar-refractivity contribution in [3.63, 3.8) is 0 Å². The fourth-order valence-electron chi connectivity index (χ4n) is 3.11. The second kappa shape index (κ2) is 7.79. The third kappa shape index (κ3) is 3.47. The van der Waals surface area contributed by atoms with Crippen molar-refractivity contribution in [2.75, 3.05) is 13.2 Å². The normalized spacial score (nSPS) is 18.5. The maximum Gasteiger partial charge on any atom is 0.295 e. The molecule has 0 saturated carbocycles. The number of amides is 1. The largest absolute Gasteiger partial charge is 0.507 e. The molecule has 0 aliphatic carbocycles. The Labute approximate surface area is 164 Å². The summed E-state index contributed by atoms with van der Waals surface area (Å²) in [4.78, 5) is 36.5. The zero-order valence-corrected chi connectivity index (χ0v) is 15.2. The van der Waals surface area contributed by atoms with Gasteiger partial charge in [-0.25, -0.2) is 0 Å². The Morgan fingerprint density at radius 1 is 1.11 bits per heavy atom. The Bertz CT molecular complexity index is 969. The number of benzene rings is 2. The molecule has 1 amide bonds. The first-order valence-corrected chi connectivity index (χ1v) is 8.62. The van der Waals surface area contributed by atoms with Crippen LogP contribution in [0.5, 0.6) is 0 Å². The lowest BCUT2D eigenvalue weighted by Gasteiger charge is -2.24. The Morgan fingerprint density at radius 3 is 2.25 bits per heavy atom. The molecule has 28 heavy (non-hydrogen) atoms. The van der Waals surface area contributed by atoms with Crippen LogP contribution in [0, 0.1) is 10.1 Å². The highest BCUT2D eigenvalue weighted by molar-refractivity contribution is 6.46. The van der Waals surface area contributed by atoms with Crippen molar-refractivity contribution in [3.8, 4) is 0 Å². The number of hydrogen-bond acceptors (Lipinski definition) is 6. The quantitative estimate of drug-likeness (QED) is 0.261. The number of carbonyl (C=O) groups is 2. The van der Waals surface area contributed by atoms with Crippen LogP contribution in [-0.4, -0.2) is 44.9 Å². The van der Waals surface area contributed by atoms with E-state index in [0.29, 0.717) is 16.1 Å². The number of Topliss-reactive ketones (excluding diaryl/α,β-unsaturated/α-hetero) is 1. The highest BCUT2D eigenvalue weighted by Gasteiger charge is 2.45. The molecule has 2 aromatic carbocycles. The Balaban J connectivity index is 2.15. The van der Waals surface area contributed by atoms with E-state index in [1.807, 2.05) is 0 Å². The van der Waals surface area contributed by atoms with Crippen molar-refractivity contribution in [1.29, 1.82) is 0 Å². The molecule has 0 radical (unpaired) electrons. The van der Waals surface area contributed by atoms with Crippen molar-refractivity contribution in [1.82, 2.24) is 4.90 Å². The van der Waals surface area contributed by atoms with Gasteiger partial charge in [-0.1, -0.05) is 11.6 Å². The molecule has 1 aliphatic heterocycles. The van der Waals surface area contributed by atoms with Crippen LogP contribution in [0.2, 0.25) is 5.02 Å². The van der Waals surface area contributed by atoms with E-state index in [4.69, 9.17) is 11.6 Å². The van der Waals surface area contributed by atoms with Gasteiger partial charge in [-0.2, -0.15) is 0 Å². The SMILES string of the molecule is O=C1C(=O)N(CCO)[C@@H](c2ccc([N+](=O)[O-])cc2)C1=C(O)c1ccc(Cl)cc1. The molecule has 1 saturated heterocycles. The van der Waals surface area contributed by atoms with Crippen molar-refractivity contribution in [2.45, 2.75) is 6.04 Å². The molecule has 0 aromatic heterocycles. The molecule has 1 atom stereocenters. The standard InChI is InChI=1S/C19H15ClN2O6/c20-13-5-1-12(2-6-13)17(24)15-16(21(9-10-23)19(26)18(15)25)11-3-7-14(8-4-11)22(27)28/h1-8,16,23-24H,9-10H2/t16-/m0/s1. The van der Waals surface area contributed by atoms with Crippen LogP contribution >= 0.6 is 11.6 Å².